The minimum atomic E-state index is -1.78. The standard InChI is InChI=1S/C10H14BNO3S/c1-14-7-4-9(16)8(15-2)3-6(7)5-10(11,12)13/h3-4,13,16H,5,12H2,1-2H3. The lowest BCUT2D eigenvalue weighted by Gasteiger charge is -2.20. The van der Waals surface area contributed by atoms with Gasteiger partial charge in [-0.25, -0.2) is 0 Å². The topological polar surface area (TPSA) is 64.7 Å². The lowest BCUT2D eigenvalue weighted by Crippen LogP contribution is -2.42. The van der Waals surface area contributed by atoms with E-state index in [0.717, 1.165) is 0 Å². The molecule has 0 aromatic heterocycles. The molecule has 6 heteroatoms. The highest BCUT2D eigenvalue weighted by Crippen LogP contribution is 2.32. The van der Waals surface area contributed by atoms with Crippen molar-refractivity contribution in [1.29, 1.82) is 0 Å². The van der Waals surface area contributed by atoms with Gasteiger partial charge >= 0.3 is 0 Å². The van der Waals surface area contributed by atoms with Gasteiger partial charge in [0.15, 0.2) is 0 Å². The third-order valence-electron chi connectivity index (χ3n) is 2.06. The second kappa shape index (κ2) is 4.99. The molecule has 2 radical (unpaired) electrons. The highest BCUT2D eigenvalue weighted by Gasteiger charge is 2.18. The lowest BCUT2D eigenvalue weighted by molar-refractivity contribution is 0.135. The van der Waals surface area contributed by atoms with Gasteiger partial charge in [0.1, 0.15) is 19.3 Å². The van der Waals surface area contributed by atoms with Crippen molar-refractivity contribution in [3.63, 3.8) is 0 Å². The molecule has 0 aliphatic rings. The SMILES string of the molecule is [B]C(N)(O)Cc1cc(OC)c(S)cc1OC. The maximum Gasteiger partial charge on any atom is 0.135 e. The number of hydrogen-bond donors (Lipinski definition) is 3. The van der Waals surface area contributed by atoms with Crippen LogP contribution < -0.4 is 15.2 Å². The highest BCUT2D eigenvalue weighted by atomic mass is 32.1. The minimum Gasteiger partial charge on any atom is -0.496 e. The van der Waals surface area contributed by atoms with E-state index in [0.29, 0.717) is 22.0 Å². The second-order valence-electron chi connectivity index (χ2n) is 3.50. The van der Waals surface area contributed by atoms with Gasteiger partial charge in [0.25, 0.3) is 0 Å². The summed E-state index contributed by atoms with van der Waals surface area (Å²) < 4.78 is 10.2. The summed E-state index contributed by atoms with van der Waals surface area (Å²) in [6.07, 6.45) is 0.0561. The smallest absolute Gasteiger partial charge is 0.135 e. The van der Waals surface area contributed by atoms with Crippen LogP contribution in [-0.2, 0) is 6.42 Å². The van der Waals surface area contributed by atoms with E-state index in [9.17, 15) is 5.11 Å². The van der Waals surface area contributed by atoms with Crippen LogP contribution in [0.15, 0.2) is 17.0 Å². The fourth-order valence-corrected chi connectivity index (χ4v) is 1.66. The average Bonchev–Trinajstić information content (AvgIpc) is 2.18. The number of hydrogen-bond acceptors (Lipinski definition) is 5. The zero-order valence-electron chi connectivity index (χ0n) is 9.23. The Morgan fingerprint density at radius 3 is 2.38 bits per heavy atom. The van der Waals surface area contributed by atoms with Crippen LogP contribution in [0.1, 0.15) is 5.56 Å². The number of nitrogens with two attached hydrogens (primary N) is 1. The third kappa shape index (κ3) is 3.33. The summed E-state index contributed by atoms with van der Waals surface area (Å²) in [5.41, 5.74) is 4.21. The Balaban J connectivity index is 3.15. The Morgan fingerprint density at radius 2 is 1.94 bits per heavy atom. The molecule has 0 spiro atoms. The van der Waals surface area contributed by atoms with Gasteiger partial charge in [-0.05, 0) is 12.1 Å². The molecule has 0 aliphatic heterocycles. The average molecular weight is 239 g/mol. The first-order valence-corrected chi connectivity index (χ1v) is 5.06. The molecule has 86 valence electrons. The molecule has 1 aromatic carbocycles. The van der Waals surface area contributed by atoms with Crippen LogP contribution >= 0.6 is 12.6 Å². The van der Waals surface area contributed by atoms with E-state index in [1.807, 2.05) is 0 Å². The summed E-state index contributed by atoms with van der Waals surface area (Å²) in [6, 6.07) is 3.37. The molecule has 0 saturated heterocycles. The van der Waals surface area contributed by atoms with E-state index in [1.165, 1.54) is 14.2 Å². The van der Waals surface area contributed by atoms with Crippen LogP contribution in [0.25, 0.3) is 0 Å². The minimum absolute atomic E-state index is 0.0561. The molecule has 16 heavy (non-hydrogen) atoms. The lowest BCUT2D eigenvalue weighted by atomic mass is 9.85. The van der Waals surface area contributed by atoms with Crippen LogP contribution in [0.4, 0.5) is 0 Å². The van der Waals surface area contributed by atoms with Crippen molar-refractivity contribution in [2.45, 2.75) is 16.9 Å². The Bertz CT molecular complexity index is 379. The molecule has 0 saturated carbocycles. The summed E-state index contributed by atoms with van der Waals surface area (Å²) in [4.78, 5) is 0.640. The van der Waals surface area contributed by atoms with Gasteiger partial charge in [0.05, 0.1) is 19.8 Å². The molecule has 0 bridgehead atoms. The Labute approximate surface area is 102 Å². The fourth-order valence-electron chi connectivity index (χ4n) is 1.39. The van der Waals surface area contributed by atoms with Crippen molar-refractivity contribution in [2.75, 3.05) is 14.2 Å². The van der Waals surface area contributed by atoms with Gasteiger partial charge in [-0.2, -0.15) is 0 Å². The van der Waals surface area contributed by atoms with Crippen LogP contribution in [0.5, 0.6) is 11.5 Å². The molecule has 1 atom stereocenters. The predicted molar refractivity (Wildman–Crippen MR) is 65.4 cm³/mol. The van der Waals surface area contributed by atoms with Gasteiger partial charge in [-0.15, -0.1) is 12.6 Å². The van der Waals surface area contributed by atoms with Crippen molar-refractivity contribution >= 4 is 20.5 Å². The number of benzene rings is 1. The zero-order chi connectivity index (χ0) is 12.3. The molecule has 0 fully saturated rings. The molecule has 3 N–H and O–H groups in total. The molecule has 0 aliphatic carbocycles. The van der Waals surface area contributed by atoms with Crippen LogP contribution in [-0.4, -0.2) is 32.8 Å². The zero-order valence-corrected chi connectivity index (χ0v) is 10.1. The van der Waals surface area contributed by atoms with Gasteiger partial charge in [-0.3, -0.25) is 0 Å². The molecule has 1 rings (SSSR count). The summed E-state index contributed by atoms with van der Waals surface area (Å²) >= 11 is 4.23. The number of thiol groups is 1. The van der Waals surface area contributed by atoms with Crippen LogP contribution in [0.2, 0.25) is 0 Å². The molecular weight excluding hydrogens is 225 g/mol. The molecule has 0 heterocycles. The number of ether oxygens (including phenoxy) is 2. The largest absolute Gasteiger partial charge is 0.496 e. The predicted octanol–water partition coefficient (Wildman–Crippen LogP) is 0.308. The van der Waals surface area contributed by atoms with E-state index in [-0.39, 0.29) is 6.42 Å². The number of methoxy groups -OCH3 is 2. The Morgan fingerprint density at radius 1 is 1.38 bits per heavy atom. The first kappa shape index (κ1) is 13.2. The van der Waals surface area contributed by atoms with E-state index >= 15 is 0 Å². The molecular formula is C10H14BNO3S. The fraction of sp³-hybridized carbons (Fsp3) is 0.400. The van der Waals surface area contributed by atoms with Gasteiger partial charge in [0, 0.05) is 16.9 Å². The van der Waals surface area contributed by atoms with Gasteiger partial charge < -0.3 is 20.3 Å². The van der Waals surface area contributed by atoms with Gasteiger partial charge in [0.2, 0.25) is 0 Å². The maximum atomic E-state index is 9.36. The third-order valence-corrected chi connectivity index (χ3v) is 2.41. The first-order chi connectivity index (χ1) is 7.37. The molecule has 1 aromatic rings. The van der Waals surface area contributed by atoms with Crippen molar-refractivity contribution in [3.8, 4) is 11.5 Å². The molecule has 1 unspecified atom stereocenters. The summed E-state index contributed by atoms with van der Waals surface area (Å²) in [7, 11) is 8.39. The van der Waals surface area contributed by atoms with Crippen LogP contribution in [0, 0.1) is 0 Å². The summed E-state index contributed by atoms with van der Waals surface area (Å²) in [5, 5.41) is 9.36. The molecule has 4 nitrogen and oxygen atoms in total. The van der Waals surface area contributed by atoms with Crippen LogP contribution in [0.3, 0.4) is 0 Å². The summed E-state index contributed by atoms with van der Waals surface area (Å²) in [5.74, 6) is 1.13. The van der Waals surface area contributed by atoms with Crippen molar-refractivity contribution < 1.29 is 14.6 Å². The van der Waals surface area contributed by atoms with Crippen molar-refractivity contribution in [1.82, 2.24) is 0 Å². The normalized spacial score (nSPS) is 14.3. The Kier molecular flexibility index (Phi) is 4.12. The monoisotopic (exact) mass is 239 g/mol. The highest BCUT2D eigenvalue weighted by molar-refractivity contribution is 7.80. The molecule has 0 amide bonds. The van der Waals surface area contributed by atoms with E-state index < -0.39 is 5.62 Å². The van der Waals surface area contributed by atoms with E-state index in [2.05, 4.69) is 12.6 Å². The van der Waals surface area contributed by atoms with E-state index in [4.69, 9.17) is 23.1 Å². The second-order valence-corrected chi connectivity index (χ2v) is 3.99. The van der Waals surface area contributed by atoms with Crippen molar-refractivity contribution in [2.24, 2.45) is 5.73 Å². The quantitative estimate of drug-likeness (QED) is 0.402. The maximum absolute atomic E-state index is 9.36. The van der Waals surface area contributed by atoms with Crippen molar-refractivity contribution in [3.05, 3.63) is 17.7 Å². The first-order valence-electron chi connectivity index (χ1n) is 4.61. The number of aliphatic hydroxyl groups is 1. The van der Waals surface area contributed by atoms with E-state index in [1.54, 1.807) is 12.1 Å². The number of rotatable bonds is 4. The Hall–Kier alpha value is -0.845. The summed E-state index contributed by atoms with van der Waals surface area (Å²) in [6.45, 7) is 0. The van der Waals surface area contributed by atoms with Gasteiger partial charge in [-0.1, -0.05) is 0 Å².